The second kappa shape index (κ2) is 5.64. The number of nitrogens with zero attached hydrogens (tertiary/aromatic N) is 1. The Morgan fingerprint density at radius 1 is 1.38 bits per heavy atom. The van der Waals surface area contributed by atoms with Crippen LogP contribution in [0.3, 0.4) is 0 Å². The molecule has 1 atom stereocenters. The van der Waals surface area contributed by atoms with Crippen molar-refractivity contribution < 1.29 is 4.79 Å². The average molecular weight is 220 g/mol. The second-order valence-electron chi connectivity index (χ2n) is 4.76. The van der Waals surface area contributed by atoms with Gasteiger partial charge in [-0.05, 0) is 29.9 Å². The predicted octanol–water partition coefficient (Wildman–Crippen LogP) is 2.26. The highest BCUT2D eigenvalue weighted by Crippen LogP contribution is 2.21. The second-order valence-corrected chi connectivity index (χ2v) is 4.76. The van der Waals surface area contributed by atoms with Gasteiger partial charge in [0.05, 0.1) is 6.42 Å². The van der Waals surface area contributed by atoms with Gasteiger partial charge in [-0.3, -0.25) is 9.78 Å². The number of pyridine rings is 1. The molecule has 1 aromatic heterocycles. The van der Waals surface area contributed by atoms with E-state index in [1.165, 1.54) is 0 Å². The topological polar surface area (TPSA) is 56.0 Å². The minimum Gasteiger partial charge on any atom is -0.369 e. The molecule has 0 spiro atoms. The number of aromatic nitrogens is 1. The number of carbonyl (C=O) groups is 1. The predicted molar refractivity (Wildman–Crippen MR) is 65.0 cm³/mol. The fourth-order valence-corrected chi connectivity index (χ4v) is 1.86. The number of nitrogens with two attached hydrogens (primary N) is 1. The summed E-state index contributed by atoms with van der Waals surface area (Å²) in [4.78, 5) is 15.1. The van der Waals surface area contributed by atoms with E-state index in [4.69, 9.17) is 5.73 Å². The van der Waals surface area contributed by atoms with Crippen LogP contribution in [0.25, 0.3) is 0 Å². The molecule has 0 aliphatic heterocycles. The summed E-state index contributed by atoms with van der Waals surface area (Å²) in [6.07, 6.45) is 3.14. The molecule has 1 unspecified atom stereocenters. The van der Waals surface area contributed by atoms with Crippen molar-refractivity contribution in [1.29, 1.82) is 0 Å². The molecule has 0 aliphatic rings. The molecule has 3 heteroatoms. The van der Waals surface area contributed by atoms with Crippen molar-refractivity contribution in [2.24, 2.45) is 11.7 Å². The Morgan fingerprint density at radius 2 is 2.06 bits per heavy atom. The maximum absolute atomic E-state index is 10.7. The van der Waals surface area contributed by atoms with Crippen LogP contribution in [0.4, 0.5) is 0 Å². The van der Waals surface area contributed by atoms with Crippen molar-refractivity contribution in [2.75, 3.05) is 0 Å². The molecule has 3 nitrogen and oxygen atoms in total. The van der Waals surface area contributed by atoms with Crippen LogP contribution < -0.4 is 5.73 Å². The lowest BCUT2D eigenvalue weighted by Crippen LogP contribution is -2.14. The Morgan fingerprint density at radius 3 is 2.50 bits per heavy atom. The molecule has 88 valence electrons. The van der Waals surface area contributed by atoms with E-state index in [1.807, 2.05) is 12.1 Å². The SMILES string of the molecule is CC(C)CC(C)c1ccc(CC(N)=O)cn1. The lowest BCUT2D eigenvalue weighted by Gasteiger charge is -2.13. The zero-order valence-electron chi connectivity index (χ0n) is 10.2. The van der Waals surface area contributed by atoms with Crippen LogP contribution in [0.15, 0.2) is 18.3 Å². The number of hydrogen-bond acceptors (Lipinski definition) is 2. The maximum atomic E-state index is 10.7. The Hall–Kier alpha value is -1.38. The minimum atomic E-state index is -0.315. The number of primary amides is 1. The van der Waals surface area contributed by atoms with E-state index in [1.54, 1.807) is 6.20 Å². The molecule has 2 N–H and O–H groups in total. The molecule has 1 aromatic rings. The van der Waals surface area contributed by atoms with Crippen LogP contribution in [-0.2, 0) is 11.2 Å². The molecular weight excluding hydrogens is 200 g/mol. The first kappa shape index (κ1) is 12.7. The average Bonchev–Trinajstić information content (AvgIpc) is 2.16. The fourth-order valence-electron chi connectivity index (χ4n) is 1.86. The van der Waals surface area contributed by atoms with Crippen LogP contribution >= 0.6 is 0 Å². The number of amides is 1. The summed E-state index contributed by atoms with van der Waals surface area (Å²) >= 11 is 0. The van der Waals surface area contributed by atoms with E-state index in [-0.39, 0.29) is 12.3 Å². The Bertz CT molecular complexity index is 343. The van der Waals surface area contributed by atoms with Gasteiger partial charge in [0.1, 0.15) is 0 Å². The molecule has 0 saturated carbocycles. The van der Waals surface area contributed by atoms with Crippen LogP contribution in [-0.4, -0.2) is 10.9 Å². The molecular formula is C13H20N2O. The summed E-state index contributed by atoms with van der Waals surface area (Å²) in [6, 6.07) is 3.93. The normalized spacial score (nSPS) is 12.8. The smallest absolute Gasteiger partial charge is 0.221 e. The first-order valence-electron chi connectivity index (χ1n) is 5.72. The van der Waals surface area contributed by atoms with E-state index in [2.05, 4.69) is 25.8 Å². The molecule has 1 rings (SSSR count). The molecule has 1 heterocycles. The Balaban J connectivity index is 2.66. The first-order chi connectivity index (χ1) is 7.49. The van der Waals surface area contributed by atoms with Crippen molar-refractivity contribution >= 4 is 5.91 Å². The van der Waals surface area contributed by atoms with Crippen LogP contribution in [0.2, 0.25) is 0 Å². The van der Waals surface area contributed by atoms with E-state index in [9.17, 15) is 4.79 Å². The lowest BCUT2D eigenvalue weighted by atomic mass is 9.95. The number of rotatable bonds is 5. The summed E-state index contributed by atoms with van der Waals surface area (Å²) < 4.78 is 0. The monoisotopic (exact) mass is 220 g/mol. The standard InChI is InChI=1S/C13H20N2O/c1-9(2)6-10(3)12-5-4-11(8-15-12)7-13(14)16/h4-5,8-10H,6-7H2,1-3H3,(H2,14,16). The van der Waals surface area contributed by atoms with Gasteiger partial charge in [-0.1, -0.05) is 26.8 Å². The molecule has 0 radical (unpaired) electrons. The highest BCUT2D eigenvalue weighted by molar-refractivity contribution is 5.76. The molecule has 0 bridgehead atoms. The van der Waals surface area contributed by atoms with Gasteiger partial charge < -0.3 is 5.73 Å². The summed E-state index contributed by atoms with van der Waals surface area (Å²) in [5.41, 5.74) is 7.09. The Kier molecular flexibility index (Phi) is 4.47. The maximum Gasteiger partial charge on any atom is 0.221 e. The fraction of sp³-hybridized carbons (Fsp3) is 0.538. The largest absolute Gasteiger partial charge is 0.369 e. The third kappa shape index (κ3) is 4.01. The lowest BCUT2D eigenvalue weighted by molar-refractivity contribution is -0.117. The van der Waals surface area contributed by atoms with Gasteiger partial charge >= 0.3 is 0 Å². The van der Waals surface area contributed by atoms with Gasteiger partial charge in [-0.25, -0.2) is 0 Å². The molecule has 0 saturated heterocycles. The van der Waals surface area contributed by atoms with Gasteiger partial charge in [0.25, 0.3) is 0 Å². The van der Waals surface area contributed by atoms with E-state index in [0.717, 1.165) is 17.7 Å². The molecule has 1 amide bonds. The van der Waals surface area contributed by atoms with Gasteiger partial charge in [0.15, 0.2) is 0 Å². The van der Waals surface area contributed by atoms with Crippen molar-refractivity contribution in [3.63, 3.8) is 0 Å². The molecule has 16 heavy (non-hydrogen) atoms. The van der Waals surface area contributed by atoms with Gasteiger partial charge in [-0.15, -0.1) is 0 Å². The van der Waals surface area contributed by atoms with E-state index in [0.29, 0.717) is 11.8 Å². The zero-order valence-corrected chi connectivity index (χ0v) is 10.2. The van der Waals surface area contributed by atoms with Crippen LogP contribution in [0.5, 0.6) is 0 Å². The Labute approximate surface area is 97.1 Å². The van der Waals surface area contributed by atoms with Crippen molar-refractivity contribution in [2.45, 2.75) is 39.5 Å². The van der Waals surface area contributed by atoms with Crippen LogP contribution in [0.1, 0.15) is 44.4 Å². The van der Waals surface area contributed by atoms with Crippen molar-refractivity contribution in [3.05, 3.63) is 29.6 Å². The summed E-state index contributed by atoms with van der Waals surface area (Å²) in [6.45, 7) is 6.59. The third-order valence-electron chi connectivity index (χ3n) is 2.56. The van der Waals surface area contributed by atoms with Gasteiger partial charge in [0.2, 0.25) is 5.91 Å². The molecule has 0 fully saturated rings. The molecule has 0 aliphatic carbocycles. The quantitative estimate of drug-likeness (QED) is 0.827. The zero-order chi connectivity index (χ0) is 12.1. The highest BCUT2D eigenvalue weighted by Gasteiger charge is 2.09. The van der Waals surface area contributed by atoms with Gasteiger partial charge in [0, 0.05) is 11.9 Å². The third-order valence-corrected chi connectivity index (χ3v) is 2.56. The summed E-state index contributed by atoms with van der Waals surface area (Å²) in [5.74, 6) is 0.814. The summed E-state index contributed by atoms with van der Waals surface area (Å²) in [7, 11) is 0. The van der Waals surface area contributed by atoms with E-state index >= 15 is 0 Å². The number of hydrogen-bond donors (Lipinski definition) is 1. The first-order valence-corrected chi connectivity index (χ1v) is 5.72. The number of carbonyl (C=O) groups excluding carboxylic acids is 1. The highest BCUT2D eigenvalue weighted by atomic mass is 16.1. The van der Waals surface area contributed by atoms with Crippen LogP contribution in [0, 0.1) is 5.92 Å². The van der Waals surface area contributed by atoms with Gasteiger partial charge in [-0.2, -0.15) is 0 Å². The minimum absolute atomic E-state index is 0.270. The summed E-state index contributed by atoms with van der Waals surface area (Å²) in [5, 5.41) is 0. The van der Waals surface area contributed by atoms with E-state index < -0.39 is 0 Å². The molecule has 0 aromatic carbocycles. The van der Waals surface area contributed by atoms with Crippen molar-refractivity contribution in [3.8, 4) is 0 Å². The van der Waals surface area contributed by atoms with Crippen molar-refractivity contribution in [1.82, 2.24) is 4.98 Å².